The number of anilines is 1. The number of para-hydroxylation sites is 1. The van der Waals surface area contributed by atoms with Crippen LogP contribution in [0, 0.1) is 6.92 Å². The number of aryl methyl sites for hydroxylation is 1. The summed E-state index contributed by atoms with van der Waals surface area (Å²) in [5.74, 6) is -1.02. The van der Waals surface area contributed by atoms with Crippen molar-refractivity contribution in [1.29, 1.82) is 0 Å². The van der Waals surface area contributed by atoms with Crippen molar-refractivity contribution in [2.24, 2.45) is 0 Å². The number of rotatable bonds is 5. The smallest absolute Gasteiger partial charge is 0.269 e. The molecule has 4 aromatic rings. The number of nitrogens with zero attached hydrogens (tertiary/aromatic N) is 3. The van der Waals surface area contributed by atoms with Crippen molar-refractivity contribution in [3.8, 4) is 16.9 Å². The molecule has 170 valence electrons. The van der Waals surface area contributed by atoms with Crippen LogP contribution in [-0.2, 0) is 14.8 Å². The van der Waals surface area contributed by atoms with Crippen molar-refractivity contribution in [2.75, 3.05) is 11.9 Å². The van der Waals surface area contributed by atoms with Crippen LogP contribution in [0.15, 0.2) is 89.8 Å². The van der Waals surface area contributed by atoms with Crippen LogP contribution in [0.3, 0.4) is 0 Å². The Balaban J connectivity index is 1.45. The maximum Gasteiger partial charge on any atom is 0.269 e. The van der Waals surface area contributed by atoms with Crippen LogP contribution in [0.5, 0.6) is 0 Å². The molecule has 0 unspecified atom stereocenters. The summed E-state index contributed by atoms with van der Waals surface area (Å²) in [6, 6.07) is 24.7. The van der Waals surface area contributed by atoms with Crippen molar-refractivity contribution in [3.05, 3.63) is 96.1 Å². The Hall–Kier alpha value is -4.24. The summed E-state index contributed by atoms with van der Waals surface area (Å²) < 4.78 is 27.8. The van der Waals surface area contributed by atoms with E-state index in [0.717, 1.165) is 11.1 Å². The van der Waals surface area contributed by atoms with Gasteiger partial charge in [-0.1, -0.05) is 60.2 Å². The van der Waals surface area contributed by atoms with Gasteiger partial charge < -0.3 is 5.32 Å². The molecule has 3 aromatic carbocycles. The highest BCUT2D eigenvalue weighted by Crippen LogP contribution is 2.30. The average molecular weight is 473 g/mol. The van der Waals surface area contributed by atoms with E-state index in [0.29, 0.717) is 21.5 Å². The number of nitrogens with one attached hydrogen (secondary N) is 1. The highest BCUT2D eigenvalue weighted by atomic mass is 32.2. The average Bonchev–Trinajstić information content (AvgIpc) is 3.33. The number of hydrogen-bond acceptors (Lipinski definition) is 5. The number of fused-ring (bicyclic) bond motifs is 1. The van der Waals surface area contributed by atoms with Crippen molar-refractivity contribution >= 4 is 27.7 Å². The monoisotopic (exact) mass is 472 g/mol. The van der Waals surface area contributed by atoms with E-state index in [1.807, 2.05) is 61.5 Å². The van der Waals surface area contributed by atoms with E-state index < -0.39 is 28.4 Å². The van der Waals surface area contributed by atoms with Gasteiger partial charge in [0.2, 0.25) is 5.91 Å². The molecule has 2 amide bonds. The molecule has 0 atom stereocenters. The summed E-state index contributed by atoms with van der Waals surface area (Å²) >= 11 is 0. The van der Waals surface area contributed by atoms with E-state index in [2.05, 4.69) is 10.4 Å². The van der Waals surface area contributed by atoms with Gasteiger partial charge in [-0.05, 0) is 31.2 Å². The van der Waals surface area contributed by atoms with Crippen LogP contribution in [-0.4, -0.2) is 40.9 Å². The van der Waals surface area contributed by atoms with Crippen molar-refractivity contribution in [2.45, 2.75) is 11.8 Å². The van der Waals surface area contributed by atoms with Gasteiger partial charge >= 0.3 is 0 Å². The number of sulfonamides is 1. The van der Waals surface area contributed by atoms with Crippen molar-refractivity contribution < 1.29 is 18.0 Å². The van der Waals surface area contributed by atoms with Gasteiger partial charge in [0.25, 0.3) is 15.9 Å². The van der Waals surface area contributed by atoms with E-state index in [9.17, 15) is 18.0 Å². The van der Waals surface area contributed by atoms with Gasteiger partial charge in [0.15, 0.2) is 0 Å². The van der Waals surface area contributed by atoms with Gasteiger partial charge in [0.1, 0.15) is 17.3 Å². The minimum atomic E-state index is -4.09. The minimum absolute atomic E-state index is 0.0614. The van der Waals surface area contributed by atoms with E-state index in [4.69, 9.17) is 0 Å². The van der Waals surface area contributed by atoms with Crippen molar-refractivity contribution in [3.63, 3.8) is 0 Å². The van der Waals surface area contributed by atoms with Crippen LogP contribution in [0.4, 0.5) is 5.82 Å². The molecule has 0 radical (unpaired) electrons. The summed E-state index contributed by atoms with van der Waals surface area (Å²) in [6.07, 6.45) is 0. The lowest BCUT2D eigenvalue weighted by atomic mass is 10.1. The fraction of sp³-hybridized carbons (Fsp3) is 0.0800. The number of hydrogen-bond donors (Lipinski definition) is 1. The summed E-state index contributed by atoms with van der Waals surface area (Å²) in [4.78, 5) is 25.5. The molecule has 34 heavy (non-hydrogen) atoms. The molecule has 1 N–H and O–H groups in total. The molecular formula is C25H20N4O4S. The second-order valence-electron chi connectivity index (χ2n) is 7.89. The molecule has 8 nitrogen and oxygen atoms in total. The summed E-state index contributed by atoms with van der Waals surface area (Å²) in [5.41, 5.74) is 3.39. The SMILES string of the molecule is Cc1ccc(-c2cc(NC(=O)CN3C(=O)c4ccccc4S3(=O)=O)n(-c3ccccc3)n2)cc1. The number of amides is 2. The van der Waals surface area contributed by atoms with E-state index in [-0.39, 0.29) is 10.5 Å². The Morgan fingerprint density at radius 3 is 2.32 bits per heavy atom. The molecule has 1 aliphatic heterocycles. The fourth-order valence-electron chi connectivity index (χ4n) is 3.80. The van der Waals surface area contributed by atoms with Gasteiger partial charge in [0.05, 0.1) is 16.9 Å². The Morgan fingerprint density at radius 1 is 0.941 bits per heavy atom. The third kappa shape index (κ3) is 3.75. The second kappa shape index (κ2) is 8.27. The van der Waals surface area contributed by atoms with Crippen LogP contribution in [0.2, 0.25) is 0 Å². The number of carbonyl (C=O) groups is 2. The highest BCUT2D eigenvalue weighted by molar-refractivity contribution is 7.90. The molecular weight excluding hydrogens is 452 g/mol. The second-order valence-corrected chi connectivity index (χ2v) is 9.72. The molecule has 2 heterocycles. The largest absolute Gasteiger partial charge is 0.309 e. The lowest BCUT2D eigenvalue weighted by Gasteiger charge is -2.15. The molecule has 1 aromatic heterocycles. The number of aromatic nitrogens is 2. The first-order chi connectivity index (χ1) is 16.3. The maximum absolute atomic E-state index is 12.9. The molecule has 0 bridgehead atoms. The molecule has 0 aliphatic carbocycles. The van der Waals surface area contributed by atoms with E-state index in [1.165, 1.54) is 18.2 Å². The molecule has 5 rings (SSSR count). The van der Waals surface area contributed by atoms with Crippen LogP contribution < -0.4 is 5.32 Å². The van der Waals surface area contributed by atoms with Gasteiger partial charge in [-0.25, -0.2) is 17.4 Å². The van der Waals surface area contributed by atoms with Gasteiger partial charge in [-0.2, -0.15) is 5.10 Å². The predicted octanol–water partition coefficient (Wildman–Crippen LogP) is 3.63. The van der Waals surface area contributed by atoms with Crippen LogP contribution in [0.1, 0.15) is 15.9 Å². The summed E-state index contributed by atoms with van der Waals surface area (Å²) in [7, 11) is -4.09. The van der Waals surface area contributed by atoms with Gasteiger partial charge in [0, 0.05) is 11.6 Å². The lowest BCUT2D eigenvalue weighted by molar-refractivity contribution is -0.116. The predicted molar refractivity (Wildman–Crippen MR) is 127 cm³/mol. The normalized spacial score (nSPS) is 14.1. The molecule has 0 fully saturated rings. The van der Waals surface area contributed by atoms with E-state index >= 15 is 0 Å². The fourth-order valence-corrected chi connectivity index (χ4v) is 5.33. The zero-order valence-electron chi connectivity index (χ0n) is 18.2. The van der Waals surface area contributed by atoms with Crippen molar-refractivity contribution in [1.82, 2.24) is 14.1 Å². The molecule has 0 saturated heterocycles. The summed E-state index contributed by atoms with van der Waals surface area (Å²) in [6.45, 7) is 1.35. The number of benzene rings is 3. The van der Waals surface area contributed by atoms with Crippen LogP contribution >= 0.6 is 0 Å². The topological polar surface area (TPSA) is 101 Å². The molecule has 0 spiro atoms. The Bertz CT molecular complexity index is 1510. The zero-order valence-corrected chi connectivity index (χ0v) is 19.0. The Morgan fingerprint density at radius 2 is 1.62 bits per heavy atom. The Kier molecular flexibility index (Phi) is 5.25. The standard InChI is InChI=1S/C25H20N4O4S/c1-17-11-13-18(14-12-17)21-15-23(29(27-21)19-7-3-2-4-8-19)26-24(30)16-28-25(31)20-9-5-6-10-22(20)34(28,32)33/h2-15H,16H2,1H3,(H,26,30). The quantitative estimate of drug-likeness (QED) is 0.478. The lowest BCUT2D eigenvalue weighted by Crippen LogP contribution is -2.37. The molecule has 1 aliphatic rings. The first-order valence-electron chi connectivity index (χ1n) is 10.5. The Labute approximate surface area is 196 Å². The van der Waals surface area contributed by atoms with Crippen LogP contribution in [0.25, 0.3) is 16.9 Å². The minimum Gasteiger partial charge on any atom is -0.309 e. The first kappa shape index (κ1) is 21.6. The molecule has 0 saturated carbocycles. The third-order valence-corrected chi connectivity index (χ3v) is 7.31. The highest BCUT2D eigenvalue weighted by Gasteiger charge is 2.41. The van der Waals surface area contributed by atoms with Gasteiger partial charge in [-0.15, -0.1) is 0 Å². The zero-order chi connectivity index (χ0) is 23.9. The summed E-state index contributed by atoms with van der Waals surface area (Å²) in [5, 5.41) is 7.37. The first-order valence-corrected chi connectivity index (χ1v) is 12.0. The third-order valence-electron chi connectivity index (χ3n) is 5.52. The van der Waals surface area contributed by atoms with Gasteiger partial charge in [-0.3, -0.25) is 9.59 Å². The number of carbonyl (C=O) groups excluding carboxylic acids is 2. The van der Waals surface area contributed by atoms with E-state index in [1.54, 1.807) is 16.8 Å². The maximum atomic E-state index is 12.9. The molecule has 9 heteroatoms.